The summed E-state index contributed by atoms with van der Waals surface area (Å²) in [6.45, 7) is 5.98. The van der Waals surface area contributed by atoms with Gasteiger partial charge in [0.25, 0.3) is 0 Å². The van der Waals surface area contributed by atoms with Gasteiger partial charge in [-0.3, -0.25) is 0 Å². The quantitative estimate of drug-likeness (QED) is 0.848. The number of piperidine rings is 1. The van der Waals surface area contributed by atoms with Gasteiger partial charge >= 0.3 is 6.09 Å². The Morgan fingerprint density at radius 2 is 1.87 bits per heavy atom. The van der Waals surface area contributed by atoms with E-state index in [9.17, 15) is 13.2 Å². The third-order valence-corrected chi connectivity index (χ3v) is 5.58. The average Bonchev–Trinajstić information content (AvgIpc) is 2.46. The number of sulfone groups is 1. The Hall–Kier alpha value is -1.56. The lowest BCUT2D eigenvalue weighted by Gasteiger charge is -2.36. The number of carbonyl (C=O) groups excluding carboxylic acids is 1. The van der Waals surface area contributed by atoms with E-state index in [0.29, 0.717) is 17.9 Å². The van der Waals surface area contributed by atoms with Crippen LogP contribution in [0.5, 0.6) is 0 Å². The summed E-state index contributed by atoms with van der Waals surface area (Å²) in [5.74, 6) is -0.0593. The number of carbonyl (C=O) groups is 1. The molecule has 1 fully saturated rings. The molecular formula is C17H25NO4S. The van der Waals surface area contributed by atoms with Crippen LogP contribution in [-0.2, 0) is 14.6 Å². The lowest BCUT2D eigenvalue weighted by Crippen LogP contribution is -2.48. The molecule has 0 radical (unpaired) electrons. The van der Waals surface area contributed by atoms with E-state index in [1.807, 2.05) is 20.8 Å². The summed E-state index contributed by atoms with van der Waals surface area (Å²) in [7, 11) is -3.42. The Morgan fingerprint density at radius 1 is 1.22 bits per heavy atom. The minimum atomic E-state index is -3.42. The largest absolute Gasteiger partial charge is 0.444 e. The monoisotopic (exact) mass is 339 g/mol. The Bertz CT molecular complexity index is 634. The third-order valence-electron chi connectivity index (χ3n) is 3.77. The lowest BCUT2D eigenvalue weighted by molar-refractivity contribution is 0.0124. The molecule has 1 aromatic carbocycles. The molecule has 1 aliphatic rings. The Morgan fingerprint density at radius 3 is 2.48 bits per heavy atom. The molecule has 1 aliphatic heterocycles. The zero-order valence-corrected chi connectivity index (χ0v) is 14.8. The van der Waals surface area contributed by atoms with E-state index in [2.05, 4.69) is 0 Å². The molecule has 1 saturated heterocycles. The second kappa shape index (κ2) is 6.91. The summed E-state index contributed by atoms with van der Waals surface area (Å²) in [6, 6.07) is 8.06. The molecule has 0 unspecified atom stereocenters. The van der Waals surface area contributed by atoms with Gasteiger partial charge in [-0.2, -0.15) is 0 Å². The highest BCUT2D eigenvalue weighted by atomic mass is 32.2. The molecule has 5 nitrogen and oxygen atoms in total. The van der Waals surface area contributed by atoms with Gasteiger partial charge in [0.2, 0.25) is 0 Å². The fourth-order valence-corrected chi connectivity index (χ4v) is 4.33. The molecule has 23 heavy (non-hydrogen) atoms. The van der Waals surface area contributed by atoms with E-state index in [1.165, 1.54) is 0 Å². The van der Waals surface area contributed by atoms with Gasteiger partial charge in [0.1, 0.15) is 5.60 Å². The smallest absolute Gasteiger partial charge is 0.410 e. The second-order valence-electron chi connectivity index (χ2n) is 6.92. The van der Waals surface area contributed by atoms with Crippen LogP contribution >= 0.6 is 0 Å². The summed E-state index contributed by atoms with van der Waals surface area (Å²) >= 11 is 0. The lowest BCUT2D eigenvalue weighted by atomic mass is 10.0. The van der Waals surface area contributed by atoms with Crippen molar-refractivity contribution in [1.82, 2.24) is 4.90 Å². The maximum Gasteiger partial charge on any atom is 0.410 e. The van der Waals surface area contributed by atoms with Crippen LogP contribution in [0, 0.1) is 0 Å². The normalized spacial score (nSPS) is 19.4. The van der Waals surface area contributed by atoms with E-state index in [4.69, 9.17) is 4.74 Å². The first kappa shape index (κ1) is 17.8. The van der Waals surface area contributed by atoms with Crippen molar-refractivity contribution in [1.29, 1.82) is 0 Å². The number of rotatable bonds is 3. The van der Waals surface area contributed by atoms with Crippen LogP contribution in [0.25, 0.3) is 0 Å². The maximum atomic E-state index is 12.6. The van der Waals surface area contributed by atoms with Crippen molar-refractivity contribution in [3.8, 4) is 0 Å². The van der Waals surface area contributed by atoms with Gasteiger partial charge in [-0.15, -0.1) is 0 Å². The number of hydrogen-bond acceptors (Lipinski definition) is 4. The molecule has 0 spiro atoms. The first-order chi connectivity index (χ1) is 10.7. The molecule has 0 aliphatic carbocycles. The summed E-state index contributed by atoms with van der Waals surface area (Å²) < 4.78 is 30.6. The SMILES string of the molecule is CC(C)(C)OC(=O)N1CCCC[C@@H]1CS(=O)(=O)c1ccccc1. The number of amides is 1. The first-order valence-corrected chi connectivity index (χ1v) is 9.62. The highest BCUT2D eigenvalue weighted by Crippen LogP contribution is 2.23. The van der Waals surface area contributed by atoms with Crippen molar-refractivity contribution in [2.24, 2.45) is 0 Å². The minimum absolute atomic E-state index is 0.0593. The second-order valence-corrected chi connectivity index (χ2v) is 8.95. The van der Waals surface area contributed by atoms with Crippen molar-refractivity contribution in [3.63, 3.8) is 0 Å². The highest BCUT2D eigenvalue weighted by Gasteiger charge is 2.33. The highest BCUT2D eigenvalue weighted by molar-refractivity contribution is 7.91. The molecular weight excluding hydrogens is 314 g/mol. The third kappa shape index (κ3) is 4.96. The van der Waals surface area contributed by atoms with Crippen molar-refractivity contribution >= 4 is 15.9 Å². The zero-order chi connectivity index (χ0) is 17.1. The van der Waals surface area contributed by atoms with Crippen LogP contribution in [-0.4, -0.2) is 43.4 Å². The van der Waals surface area contributed by atoms with E-state index in [1.54, 1.807) is 35.2 Å². The number of ether oxygens (including phenoxy) is 1. The summed E-state index contributed by atoms with van der Waals surface area (Å²) in [6.07, 6.45) is 2.06. The van der Waals surface area contributed by atoms with Crippen molar-refractivity contribution in [3.05, 3.63) is 30.3 Å². The number of likely N-dealkylation sites (tertiary alicyclic amines) is 1. The molecule has 1 aromatic rings. The predicted octanol–water partition coefficient (Wildman–Crippen LogP) is 3.25. The van der Waals surface area contributed by atoms with E-state index < -0.39 is 21.5 Å². The first-order valence-electron chi connectivity index (χ1n) is 7.96. The summed E-state index contributed by atoms with van der Waals surface area (Å²) in [4.78, 5) is 14.2. The number of hydrogen-bond donors (Lipinski definition) is 0. The molecule has 1 heterocycles. The van der Waals surface area contributed by atoms with Gasteiger partial charge in [-0.25, -0.2) is 13.2 Å². The van der Waals surface area contributed by atoms with Gasteiger partial charge in [-0.05, 0) is 52.2 Å². The van der Waals surface area contributed by atoms with Gasteiger partial charge in [0.15, 0.2) is 9.84 Å². The zero-order valence-electron chi connectivity index (χ0n) is 14.0. The van der Waals surface area contributed by atoms with E-state index in [0.717, 1.165) is 12.8 Å². The van der Waals surface area contributed by atoms with Crippen LogP contribution in [0.2, 0.25) is 0 Å². The average molecular weight is 339 g/mol. The predicted molar refractivity (Wildman–Crippen MR) is 89.1 cm³/mol. The molecule has 0 saturated carbocycles. The van der Waals surface area contributed by atoms with Gasteiger partial charge in [0, 0.05) is 12.6 Å². The van der Waals surface area contributed by atoms with Crippen LogP contribution in [0.1, 0.15) is 40.0 Å². The van der Waals surface area contributed by atoms with Crippen LogP contribution in [0.15, 0.2) is 35.2 Å². The fraction of sp³-hybridized carbons (Fsp3) is 0.588. The molecule has 6 heteroatoms. The molecule has 2 rings (SSSR count). The van der Waals surface area contributed by atoms with Gasteiger partial charge < -0.3 is 9.64 Å². The topological polar surface area (TPSA) is 63.7 Å². The minimum Gasteiger partial charge on any atom is -0.444 e. The summed E-state index contributed by atoms with van der Waals surface area (Å²) in [5, 5.41) is 0. The number of nitrogens with zero attached hydrogens (tertiary/aromatic N) is 1. The summed E-state index contributed by atoms with van der Waals surface area (Å²) in [5.41, 5.74) is -0.586. The molecule has 1 atom stereocenters. The van der Waals surface area contributed by atoms with Crippen LogP contribution in [0.3, 0.4) is 0 Å². The molecule has 128 valence electrons. The Balaban J connectivity index is 2.14. The standard InChI is InChI=1S/C17H25NO4S/c1-17(2,3)22-16(19)18-12-8-7-9-14(18)13-23(20,21)15-10-5-4-6-11-15/h4-6,10-11,14H,7-9,12-13H2,1-3H3/t14-/m1/s1. The van der Waals surface area contributed by atoms with Crippen molar-refractivity contribution in [2.75, 3.05) is 12.3 Å². The van der Waals surface area contributed by atoms with E-state index in [-0.39, 0.29) is 11.8 Å². The van der Waals surface area contributed by atoms with Crippen LogP contribution < -0.4 is 0 Å². The van der Waals surface area contributed by atoms with Crippen molar-refractivity contribution in [2.45, 2.75) is 56.6 Å². The molecule has 0 N–H and O–H groups in total. The van der Waals surface area contributed by atoms with Gasteiger partial charge in [-0.1, -0.05) is 18.2 Å². The Kier molecular flexibility index (Phi) is 5.34. The van der Waals surface area contributed by atoms with Crippen molar-refractivity contribution < 1.29 is 17.9 Å². The molecule has 0 bridgehead atoms. The maximum absolute atomic E-state index is 12.6. The number of benzene rings is 1. The molecule has 1 amide bonds. The molecule has 0 aromatic heterocycles. The van der Waals surface area contributed by atoms with Gasteiger partial charge in [0.05, 0.1) is 10.6 Å². The Labute approximate surface area is 138 Å². The fourth-order valence-electron chi connectivity index (χ4n) is 2.71. The van der Waals surface area contributed by atoms with Crippen LogP contribution in [0.4, 0.5) is 4.79 Å². The van der Waals surface area contributed by atoms with E-state index >= 15 is 0 Å².